The standard InChI is InChI=1S/C43H45N3O8S2/c1-45(41(47)53-30-32-19-23-38(51-2)24-20-32)56(49,50)44-28-37-27-40(29-46(37)42(48)54-31-33-21-25-39(52-3)26-22-33)55-43(34-13-7-4-8-14-34,35-15-9-5-10-16-35)36-17-11-6-12-18-36/h4-26,37,40,44H,27-31H2,1-3H3/t37-,40-/m0/s1. The van der Waals surface area contributed by atoms with Gasteiger partial charge < -0.3 is 23.8 Å². The second kappa shape index (κ2) is 18.4. The van der Waals surface area contributed by atoms with Crippen LogP contribution in [0.3, 0.4) is 0 Å². The van der Waals surface area contributed by atoms with E-state index in [-0.39, 0.29) is 31.6 Å². The minimum Gasteiger partial charge on any atom is -0.497 e. The lowest BCUT2D eigenvalue weighted by Gasteiger charge is -2.37. The van der Waals surface area contributed by atoms with Gasteiger partial charge in [0, 0.05) is 31.4 Å². The van der Waals surface area contributed by atoms with Crippen LogP contribution in [0.4, 0.5) is 9.59 Å². The van der Waals surface area contributed by atoms with E-state index >= 15 is 0 Å². The summed E-state index contributed by atoms with van der Waals surface area (Å²) in [4.78, 5) is 28.4. The number of likely N-dealkylation sites (tertiary alicyclic amines) is 1. The predicted octanol–water partition coefficient (Wildman–Crippen LogP) is 7.61. The third-order valence-corrected chi connectivity index (χ3v) is 12.8. The highest BCUT2D eigenvalue weighted by Gasteiger charge is 2.45. The third kappa shape index (κ3) is 9.47. The summed E-state index contributed by atoms with van der Waals surface area (Å²) in [5.74, 6) is 1.32. The summed E-state index contributed by atoms with van der Waals surface area (Å²) < 4.78 is 50.9. The monoisotopic (exact) mass is 795 g/mol. The topological polar surface area (TPSA) is 124 Å². The number of amides is 2. The zero-order valence-electron chi connectivity index (χ0n) is 31.4. The summed E-state index contributed by atoms with van der Waals surface area (Å²) in [5.41, 5.74) is 4.63. The van der Waals surface area contributed by atoms with Crippen molar-refractivity contribution in [1.82, 2.24) is 13.9 Å². The Kier molecular flexibility index (Phi) is 13.2. The second-order valence-corrected chi connectivity index (χ2v) is 16.5. The fourth-order valence-corrected chi connectivity index (χ4v) is 9.37. The maximum atomic E-state index is 13.9. The molecule has 13 heteroatoms. The highest BCUT2D eigenvalue weighted by molar-refractivity contribution is 8.01. The maximum absolute atomic E-state index is 13.9. The number of methoxy groups -OCH3 is 2. The Bertz CT molecular complexity index is 2040. The van der Waals surface area contributed by atoms with Crippen LogP contribution >= 0.6 is 11.8 Å². The molecule has 1 heterocycles. The molecular weight excluding hydrogens is 751 g/mol. The largest absolute Gasteiger partial charge is 0.497 e. The molecule has 292 valence electrons. The highest BCUT2D eigenvalue weighted by Crippen LogP contribution is 2.52. The van der Waals surface area contributed by atoms with E-state index in [1.54, 1.807) is 67.3 Å². The molecule has 0 unspecified atom stereocenters. The smallest absolute Gasteiger partial charge is 0.424 e. The van der Waals surface area contributed by atoms with Gasteiger partial charge in [-0.05, 0) is 58.5 Å². The zero-order chi connectivity index (χ0) is 39.5. The fourth-order valence-electron chi connectivity index (χ4n) is 6.65. The quantitative estimate of drug-likeness (QED) is 0.107. The summed E-state index contributed by atoms with van der Waals surface area (Å²) in [5, 5.41) is -0.161. The molecule has 1 saturated heterocycles. The zero-order valence-corrected chi connectivity index (χ0v) is 33.1. The van der Waals surface area contributed by atoms with Crippen molar-refractivity contribution in [3.8, 4) is 11.5 Å². The lowest BCUT2D eigenvalue weighted by atomic mass is 9.84. The molecule has 0 aliphatic carbocycles. The van der Waals surface area contributed by atoms with Crippen LogP contribution in [-0.2, 0) is 37.6 Å². The van der Waals surface area contributed by atoms with Gasteiger partial charge in [0.2, 0.25) is 0 Å². The van der Waals surface area contributed by atoms with E-state index in [0.29, 0.717) is 27.8 Å². The third-order valence-electron chi connectivity index (χ3n) is 9.66. The summed E-state index contributed by atoms with van der Waals surface area (Å²) in [7, 11) is -0.111. The summed E-state index contributed by atoms with van der Waals surface area (Å²) in [6.45, 7) is -0.000988. The van der Waals surface area contributed by atoms with Gasteiger partial charge in [-0.1, -0.05) is 115 Å². The van der Waals surface area contributed by atoms with Gasteiger partial charge in [-0.25, -0.2) is 9.59 Å². The molecule has 0 saturated carbocycles. The molecule has 0 aromatic heterocycles. The summed E-state index contributed by atoms with van der Waals surface area (Å²) in [6.07, 6.45) is -1.20. The molecule has 11 nitrogen and oxygen atoms in total. The number of carbonyl (C=O) groups is 2. The highest BCUT2D eigenvalue weighted by atomic mass is 32.2. The molecule has 1 aliphatic heterocycles. The van der Waals surface area contributed by atoms with Gasteiger partial charge in [-0.15, -0.1) is 11.8 Å². The van der Waals surface area contributed by atoms with Crippen molar-refractivity contribution in [3.63, 3.8) is 0 Å². The Labute approximate surface area is 332 Å². The number of thioether (sulfide) groups is 1. The van der Waals surface area contributed by atoms with Crippen molar-refractivity contribution in [3.05, 3.63) is 167 Å². The molecule has 1 N–H and O–H groups in total. The number of hydrogen-bond donors (Lipinski definition) is 1. The molecule has 0 spiro atoms. The van der Waals surface area contributed by atoms with Crippen molar-refractivity contribution in [2.24, 2.45) is 0 Å². The van der Waals surface area contributed by atoms with Crippen LogP contribution in [0.1, 0.15) is 34.2 Å². The van der Waals surface area contributed by atoms with Gasteiger partial charge in [0.15, 0.2) is 0 Å². The first-order valence-electron chi connectivity index (χ1n) is 18.1. The van der Waals surface area contributed by atoms with Crippen molar-refractivity contribution >= 4 is 34.2 Å². The number of hydrogen-bond acceptors (Lipinski definition) is 9. The van der Waals surface area contributed by atoms with Crippen LogP contribution in [0.15, 0.2) is 140 Å². The fraction of sp³-hybridized carbons (Fsp3) is 0.256. The van der Waals surface area contributed by atoms with Crippen LogP contribution in [0.5, 0.6) is 11.5 Å². The lowest BCUT2D eigenvalue weighted by molar-refractivity contribution is 0.0924. The van der Waals surface area contributed by atoms with Gasteiger partial charge in [-0.3, -0.25) is 0 Å². The van der Waals surface area contributed by atoms with Gasteiger partial charge in [0.1, 0.15) is 24.7 Å². The number of benzene rings is 5. The number of rotatable bonds is 15. The Morgan fingerprint density at radius 2 is 1.16 bits per heavy atom. The molecule has 1 fully saturated rings. The normalized spacial score (nSPS) is 15.5. The Balaban J connectivity index is 1.24. The minimum atomic E-state index is -4.36. The SMILES string of the molecule is COc1ccc(COC(=O)N2C[C@@H](SC(c3ccccc3)(c3ccccc3)c3ccccc3)C[C@H]2CNS(=O)(=O)N(C)C(=O)OCc2ccc(OC)cc2)cc1. The van der Waals surface area contributed by atoms with Crippen molar-refractivity contribution in [2.45, 2.75) is 35.7 Å². The molecule has 2 atom stereocenters. The van der Waals surface area contributed by atoms with E-state index in [4.69, 9.17) is 18.9 Å². The average molecular weight is 796 g/mol. The Hall–Kier alpha value is -5.50. The molecule has 0 radical (unpaired) electrons. The number of ether oxygens (including phenoxy) is 4. The van der Waals surface area contributed by atoms with Crippen LogP contribution in [0.25, 0.3) is 0 Å². The first-order valence-corrected chi connectivity index (χ1v) is 20.4. The summed E-state index contributed by atoms with van der Waals surface area (Å²) >= 11 is 1.72. The van der Waals surface area contributed by atoms with E-state index in [9.17, 15) is 18.0 Å². The maximum Gasteiger partial charge on any atom is 0.424 e. The van der Waals surface area contributed by atoms with Crippen molar-refractivity contribution in [2.75, 3.05) is 34.4 Å². The Morgan fingerprint density at radius 3 is 1.61 bits per heavy atom. The van der Waals surface area contributed by atoms with Gasteiger partial charge in [0.25, 0.3) is 0 Å². The number of nitrogens with zero attached hydrogens (tertiary/aromatic N) is 2. The molecule has 5 aromatic rings. The first-order chi connectivity index (χ1) is 27.1. The predicted molar refractivity (Wildman–Crippen MR) is 217 cm³/mol. The average Bonchev–Trinajstić information content (AvgIpc) is 3.66. The van der Waals surface area contributed by atoms with Crippen molar-refractivity contribution in [1.29, 1.82) is 0 Å². The number of carbonyl (C=O) groups excluding carboxylic acids is 2. The van der Waals surface area contributed by atoms with Gasteiger partial charge in [0.05, 0.1) is 19.0 Å². The first kappa shape index (κ1) is 40.2. The molecule has 0 bridgehead atoms. The Morgan fingerprint density at radius 1 is 0.714 bits per heavy atom. The van der Waals surface area contributed by atoms with Crippen LogP contribution in [0.2, 0.25) is 0 Å². The van der Waals surface area contributed by atoms with Gasteiger partial charge in [-0.2, -0.15) is 17.4 Å². The van der Waals surface area contributed by atoms with E-state index in [2.05, 4.69) is 41.1 Å². The molecule has 56 heavy (non-hydrogen) atoms. The van der Waals surface area contributed by atoms with E-state index in [1.165, 1.54) is 0 Å². The molecule has 1 aliphatic rings. The van der Waals surface area contributed by atoms with Gasteiger partial charge >= 0.3 is 22.4 Å². The number of nitrogens with one attached hydrogen (secondary N) is 1. The van der Waals surface area contributed by atoms with Crippen LogP contribution in [0, 0.1) is 0 Å². The minimum absolute atomic E-state index is 0.0142. The van der Waals surface area contributed by atoms with Crippen molar-refractivity contribution < 1.29 is 37.0 Å². The molecular formula is C43H45N3O8S2. The molecule has 5 aromatic carbocycles. The lowest BCUT2D eigenvalue weighted by Crippen LogP contribution is -2.48. The second-order valence-electron chi connectivity index (χ2n) is 13.2. The molecule has 2 amide bonds. The summed E-state index contributed by atoms with van der Waals surface area (Å²) in [6, 6.07) is 44.2. The molecule has 6 rings (SSSR count). The van der Waals surface area contributed by atoms with E-state index in [1.807, 2.05) is 66.7 Å². The van der Waals surface area contributed by atoms with E-state index in [0.717, 1.165) is 29.3 Å². The van der Waals surface area contributed by atoms with Crippen LogP contribution < -0.4 is 14.2 Å². The van der Waals surface area contributed by atoms with E-state index < -0.39 is 33.2 Å². The van der Waals surface area contributed by atoms with Crippen LogP contribution in [-0.4, -0.2) is 75.5 Å².